The number of thiazole rings is 1. The van der Waals surface area contributed by atoms with Crippen LogP contribution in [0.25, 0.3) is 16.8 Å². The molecule has 3 aromatic heterocycles. The van der Waals surface area contributed by atoms with Crippen LogP contribution in [-0.2, 0) is 11.2 Å². The molecule has 0 spiro atoms. The van der Waals surface area contributed by atoms with E-state index in [1.807, 2.05) is 34.7 Å². The van der Waals surface area contributed by atoms with E-state index in [1.165, 1.54) is 29.7 Å². The number of nitriles is 1. The zero-order chi connectivity index (χ0) is 26.1. The Morgan fingerprint density at radius 2 is 1.92 bits per heavy atom. The summed E-state index contributed by atoms with van der Waals surface area (Å²) in [4.78, 5) is 21.9. The van der Waals surface area contributed by atoms with Gasteiger partial charge in [0.05, 0.1) is 35.3 Å². The van der Waals surface area contributed by atoms with Gasteiger partial charge in [0, 0.05) is 38.8 Å². The lowest BCUT2D eigenvalue weighted by Crippen LogP contribution is -2.47. The Labute approximate surface area is 217 Å². The highest BCUT2D eigenvalue weighted by Crippen LogP contribution is 2.39. The van der Waals surface area contributed by atoms with Crippen LogP contribution < -0.4 is 9.80 Å². The Morgan fingerprint density at radius 1 is 1.19 bits per heavy atom. The normalized spacial score (nSPS) is 14.2. The number of hydrogen-bond acceptors (Lipinski definition) is 8. The zero-order valence-electron chi connectivity index (χ0n) is 20.5. The summed E-state index contributed by atoms with van der Waals surface area (Å²) in [5.74, 6) is -0.725. The topological polar surface area (TPSA) is 80.8 Å². The molecule has 4 aromatic rings. The minimum absolute atomic E-state index is 0.359. The molecule has 0 atom stereocenters. The Kier molecular flexibility index (Phi) is 6.86. The molecule has 37 heavy (non-hydrogen) atoms. The molecule has 1 aliphatic heterocycles. The monoisotopic (exact) mass is 521 g/mol. The number of halogens is 2. The Hall–Kier alpha value is -3.88. The van der Waals surface area contributed by atoms with Crippen molar-refractivity contribution in [1.82, 2.24) is 19.5 Å². The fourth-order valence-corrected chi connectivity index (χ4v) is 5.50. The summed E-state index contributed by atoms with van der Waals surface area (Å²) in [5.41, 5.74) is 3.91. The SMILES string of the molecule is CCc1nn2cc(F)c(N3CCN(CC=O)CC3)cc2c1N(C)c1nc(-c2ccc(F)cc2)c(C#N)s1. The summed E-state index contributed by atoms with van der Waals surface area (Å²) in [6, 6.07) is 9.90. The maximum Gasteiger partial charge on any atom is 0.191 e. The fraction of sp³-hybridized carbons (Fsp3) is 0.308. The first-order valence-electron chi connectivity index (χ1n) is 12.0. The van der Waals surface area contributed by atoms with Gasteiger partial charge >= 0.3 is 0 Å². The van der Waals surface area contributed by atoms with Crippen LogP contribution in [0.5, 0.6) is 0 Å². The number of pyridine rings is 1. The Morgan fingerprint density at radius 3 is 2.57 bits per heavy atom. The molecule has 0 aliphatic carbocycles. The van der Waals surface area contributed by atoms with Crippen molar-refractivity contribution < 1.29 is 13.6 Å². The molecule has 4 heterocycles. The third-order valence-electron chi connectivity index (χ3n) is 6.58. The lowest BCUT2D eigenvalue weighted by molar-refractivity contribution is -0.108. The smallest absolute Gasteiger partial charge is 0.191 e. The van der Waals surface area contributed by atoms with E-state index in [-0.39, 0.29) is 11.6 Å². The summed E-state index contributed by atoms with van der Waals surface area (Å²) in [5, 5.41) is 14.9. The zero-order valence-corrected chi connectivity index (χ0v) is 21.3. The summed E-state index contributed by atoms with van der Waals surface area (Å²) in [6.07, 6.45) is 2.90. The number of aromatic nitrogens is 3. The second-order valence-corrected chi connectivity index (χ2v) is 9.77. The van der Waals surface area contributed by atoms with Crippen molar-refractivity contribution in [1.29, 1.82) is 5.26 Å². The number of carbonyl (C=O) groups is 1. The van der Waals surface area contributed by atoms with E-state index >= 15 is 4.39 Å². The second kappa shape index (κ2) is 10.2. The molecule has 0 saturated carbocycles. The first-order valence-corrected chi connectivity index (χ1v) is 12.8. The van der Waals surface area contributed by atoms with Gasteiger partial charge in [-0.05, 0) is 36.8 Å². The van der Waals surface area contributed by atoms with Crippen molar-refractivity contribution in [2.75, 3.05) is 49.6 Å². The number of anilines is 3. The van der Waals surface area contributed by atoms with E-state index in [2.05, 4.69) is 11.2 Å². The van der Waals surface area contributed by atoms with E-state index in [4.69, 9.17) is 4.98 Å². The van der Waals surface area contributed by atoms with Crippen molar-refractivity contribution in [3.8, 4) is 17.3 Å². The highest BCUT2D eigenvalue weighted by Gasteiger charge is 2.25. The van der Waals surface area contributed by atoms with Crippen molar-refractivity contribution in [2.45, 2.75) is 13.3 Å². The van der Waals surface area contributed by atoms with Crippen LogP contribution in [0.2, 0.25) is 0 Å². The van der Waals surface area contributed by atoms with Gasteiger partial charge in [-0.25, -0.2) is 18.3 Å². The molecule has 1 aromatic carbocycles. The highest BCUT2D eigenvalue weighted by molar-refractivity contribution is 7.16. The van der Waals surface area contributed by atoms with E-state index in [0.717, 1.165) is 23.2 Å². The molecule has 1 aliphatic rings. The van der Waals surface area contributed by atoms with Gasteiger partial charge in [0.15, 0.2) is 10.9 Å². The maximum atomic E-state index is 15.2. The number of rotatable bonds is 7. The molecule has 5 rings (SSSR count). The Balaban J connectivity index is 1.54. The first-order chi connectivity index (χ1) is 17.9. The van der Waals surface area contributed by atoms with Gasteiger partial charge in [0.1, 0.15) is 28.7 Å². The van der Waals surface area contributed by atoms with Crippen LogP contribution in [-0.4, -0.2) is 65.6 Å². The van der Waals surface area contributed by atoms with Gasteiger partial charge in [-0.2, -0.15) is 10.4 Å². The number of piperazine rings is 1. The molecule has 8 nitrogen and oxygen atoms in total. The number of nitrogens with zero attached hydrogens (tertiary/aromatic N) is 7. The number of hydrogen-bond donors (Lipinski definition) is 0. The Bertz CT molecular complexity index is 1480. The first kappa shape index (κ1) is 24.8. The number of aldehydes is 1. The lowest BCUT2D eigenvalue weighted by atomic mass is 10.1. The van der Waals surface area contributed by atoms with E-state index in [9.17, 15) is 14.4 Å². The molecule has 0 bridgehead atoms. The molecular weight excluding hydrogens is 496 g/mol. The second-order valence-electron chi connectivity index (χ2n) is 8.79. The molecule has 0 N–H and O–H groups in total. The minimum Gasteiger partial charge on any atom is -0.366 e. The van der Waals surface area contributed by atoms with E-state index < -0.39 is 0 Å². The standard InChI is InChI=1S/C26H25F2N7OS/c1-3-20-25(32(2)26-30-24(23(15-29)37-26)17-4-6-18(27)7-5-17)22-14-21(19(28)16-35(22)31-20)34-10-8-33(9-11-34)12-13-36/h4-7,13-14,16H,3,8-12H2,1-2H3. The predicted octanol–water partition coefficient (Wildman–Crippen LogP) is 4.26. The lowest BCUT2D eigenvalue weighted by Gasteiger charge is -2.35. The third-order valence-corrected chi connectivity index (χ3v) is 7.62. The van der Waals surface area contributed by atoms with Crippen LogP contribution in [0.1, 0.15) is 17.5 Å². The average Bonchev–Trinajstić information content (AvgIpc) is 3.50. The van der Waals surface area contributed by atoms with Gasteiger partial charge in [-0.3, -0.25) is 4.90 Å². The molecule has 0 amide bonds. The van der Waals surface area contributed by atoms with Crippen molar-refractivity contribution in [3.05, 3.63) is 58.7 Å². The largest absolute Gasteiger partial charge is 0.366 e. The molecule has 190 valence electrons. The predicted molar refractivity (Wildman–Crippen MR) is 140 cm³/mol. The molecule has 0 unspecified atom stereocenters. The summed E-state index contributed by atoms with van der Waals surface area (Å²) < 4.78 is 30.2. The maximum absolute atomic E-state index is 15.2. The molecule has 1 saturated heterocycles. The third kappa shape index (κ3) is 4.65. The summed E-state index contributed by atoms with van der Waals surface area (Å²) in [6.45, 7) is 4.94. The molecular formula is C26H25F2N7OS. The minimum atomic E-state index is -0.365. The van der Waals surface area contributed by atoms with Gasteiger partial charge in [-0.15, -0.1) is 0 Å². The number of aryl methyl sites for hydroxylation is 1. The number of benzene rings is 1. The summed E-state index contributed by atoms with van der Waals surface area (Å²) >= 11 is 1.24. The molecule has 0 radical (unpaired) electrons. The number of carbonyl (C=O) groups excluding carboxylic acids is 1. The molecule has 11 heteroatoms. The van der Waals surface area contributed by atoms with Gasteiger partial charge in [-0.1, -0.05) is 18.3 Å². The van der Waals surface area contributed by atoms with Crippen molar-refractivity contribution >= 4 is 39.6 Å². The summed E-state index contributed by atoms with van der Waals surface area (Å²) in [7, 11) is 1.85. The number of fused-ring (bicyclic) bond motifs is 1. The van der Waals surface area contributed by atoms with Gasteiger partial charge in [0.25, 0.3) is 0 Å². The van der Waals surface area contributed by atoms with Gasteiger partial charge in [0.2, 0.25) is 0 Å². The fourth-order valence-electron chi connectivity index (χ4n) is 4.64. The van der Waals surface area contributed by atoms with E-state index in [0.29, 0.717) is 66.1 Å². The molecule has 1 fully saturated rings. The van der Waals surface area contributed by atoms with Crippen molar-refractivity contribution in [2.24, 2.45) is 0 Å². The van der Waals surface area contributed by atoms with E-state index in [1.54, 1.807) is 16.6 Å². The van der Waals surface area contributed by atoms with Crippen LogP contribution in [0.3, 0.4) is 0 Å². The van der Waals surface area contributed by atoms with Crippen LogP contribution in [0, 0.1) is 23.0 Å². The average molecular weight is 522 g/mol. The van der Waals surface area contributed by atoms with Crippen LogP contribution in [0.4, 0.5) is 25.3 Å². The highest BCUT2D eigenvalue weighted by atomic mass is 32.1. The quantitative estimate of drug-likeness (QED) is 0.336. The van der Waals surface area contributed by atoms with Crippen LogP contribution >= 0.6 is 11.3 Å². The van der Waals surface area contributed by atoms with Crippen molar-refractivity contribution in [3.63, 3.8) is 0 Å². The van der Waals surface area contributed by atoms with Gasteiger partial charge < -0.3 is 14.6 Å². The van der Waals surface area contributed by atoms with Crippen LogP contribution in [0.15, 0.2) is 36.5 Å².